The summed E-state index contributed by atoms with van der Waals surface area (Å²) >= 11 is 6.01. The van der Waals surface area contributed by atoms with Gasteiger partial charge in [-0.15, -0.1) is 0 Å². The fraction of sp³-hybridized carbons (Fsp3) is 0.348. The van der Waals surface area contributed by atoms with E-state index >= 15 is 0 Å². The third-order valence-corrected chi connectivity index (χ3v) is 6.14. The molecule has 6 nitrogen and oxygen atoms in total. The number of benzene rings is 2. The molecule has 2 aliphatic heterocycles. The quantitative estimate of drug-likeness (QED) is 0.747. The molecule has 4 rings (SSSR count). The maximum atomic E-state index is 12.8. The summed E-state index contributed by atoms with van der Waals surface area (Å²) in [6.07, 6.45) is 1.43. The fourth-order valence-electron chi connectivity index (χ4n) is 4.24. The molecular formula is C23H24ClN3O3. The van der Waals surface area contributed by atoms with E-state index in [0.717, 1.165) is 24.1 Å². The van der Waals surface area contributed by atoms with Crippen molar-refractivity contribution in [2.75, 3.05) is 13.6 Å². The topological polar surface area (TPSA) is 69.7 Å². The number of carbonyl (C=O) groups is 3. The number of hydrogen-bond acceptors (Lipinski definition) is 4. The number of nitrogens with one attached hydrogen (secondary N) is 1. The van der Waals surface area contributed by atoms with E-state index in [4.69, 9.17) is 11.6 Å². The van der Waals surface area contributed by atoms with Gasteiger partial charge in [0.1, 0.15) is 0 Å². The van der Waals surface area contributed by atoms with Crippen LogP contribution >= 0.6 is 11.6 Å². The van der Waals surface area contributed by atoms with Gasteiger partial charge < -0.3 is 5.32 Å². The molecule has 2 aromatic carbocycles. The molecular weight excluding hydrogens is 402 g/mol. The van der Waals surface area contributed by atoms with Crippen LogP contribution in [0.2, 0.25) is 5.02 Å². The first-order chi connectivity index (χ1) is 14.4. The van der Waals surface area contributed by atoms with Gasteiger partial charge in [-0.25, -0.2) is 0 Å². The van der Waals surface area contributed by atoms with Gasteiger partial charge in [0.25, 0.3) is 5.91 Å². The molecule has 0 saturated carbocycles. The normalized spacial score (nSPS) is 22.0. The lowest BCUT2D eigenvalue weighted by molar-refractivity contribution is -0.139. The minimum absolute atomic E-state index is 0.00296. The number of rotatable bonds is 5. The molecule has 2 saturated heterocycles. The Balaban J connectivity index is 1.42. The van der Waals surface area contributed by atoms with Crippen LogP contribution in [0.25, 0.3) is 0 Å². The molecule has 0 aliphatic carbocycles. The van der Waals surface area contributed by atoms with Crippen LogP contribution in [-0.2, 0) is 16.1 Å². The third-order valence-electron chi connectivity index (χ3n) is 5.89. The predicted molar refractivity (Wildman–Crippen MR) is 114 cm³/mol. The van der Waals surface area contributed by atoms with Crippen LogP contribution in [0.4, 0.5) is 0 Å². The highest BCUT2D eigenvalue weighted by atomic mass is 35.5. The Kier molecular flexibility index (Phi) is 5.88. The molecule has 156 valence electrons. The predicted octanol–water partition coefficient (Wildman–Crippen LogP) is 3.16. The van der Waals surface area contributed by atoms with Crippen molar-refractivity contribution in [1.29, 1.82) is 0 Å². The molecule has 1 N–H and O–H groups in total. The Morgan fingerprint density at radius 3 is 2.30 bits per heavy atom. The number of amides is 3. The zero-order chi connectivity index (χ0) is 21.3. The summed E-state index contributed by atoms with van der Waals surface area (Å²) in [7, 11) is 2.06. The number of nitrogens with zero attached hydrogens (tertiary/aromatic N) is 2. The minimum atomic E-state index is -0.139. The van der Waals surface area contributed by atoms with Gasteiger partial charge in [0.05, 0.1) is 18.6 Å². The largest absolute Gasteiger partial charge is 0.347 e. The Bertz CT molecular complexity index is 943. The molecule has 0 spiro atoms. The van der Waals surface area contributed by atoms with Crippen LogP contribution in [0.5, 0.6) is 0 Å². The number of carbonyl (C=O) groups excluding carboxylic acids is 3. The zero-order valence-electron chi connectivity index (χ0n) is 16.8. The SMILES string of the molecule is CN1CC[C@H](NC(=O)c2ccc(CN3C(=O)CCC3=O)cc2)[C@@H]1c1ccc(Cl)cc1. The number of hydrogen-bond donors (Lipinski definition) is 1. The second-order valence-electron chi connectivity index (χ2n) is 7.92. The third kappa shape index (κ3) is 4.25. The van der Waals surface area contributed by atoms with Crippen LogP contribution in [-0.4, -0.2) is 47.2 Å². The van der Waals surface area contributed by atoms with Crippen molar-refractivity contribution in [1.82, 2.24) is 15.1 Å². The smallest absolute Gasteiger partial charge is 0.251 e. The Hall–Kier alpha value is -2.70. The summed E-state index contributed by atoms with van der Waals surface area (Å²) in [4.78, 5) is 39.9. The molecule has 0 unspecified atom stereocenters. The summed E-state index contributed by atoms with van der Waals surface area (Å²) in [5, 5.41) is 3.86. The van der Waals surface area contributed by atoms with Gasteiger partial charge >= 0.3 is 0 Å². The second-order valence-corrected chi connectivity index (χ2v) is 8.35. The van der Waals surface area contributed by atoms with Crippen molar-refractivity contribution in [2.24, 2.45) is 0 Å². The number of halogens is 1. The first-order valence-electron chi connectivity index (χ1n) is 10.1. The first-order valence-corrected chi connectivity index (χ1v) is 10.5. The molecule has 2 heterocycles. The molecule has 0 radical (unpaired) electrons. The van der Waals surface area contributed by atoms with E-state index < -0.39 is 0 Å². The van der Waals surface area contributed by atoms with Gasteiger partial charge in [0.2, 0.25) is 11.8 Å². The molecule has 2 fully saturated rings. The van der Waals surface area contributed by atoms with Crippen LogP contribution in [0.1, 0.15) is 46.8 Å². The van der Waals surface area contributed by atoms with Gasteiger partial charge in [-0.2, -0.15) is 0 Å². The van der Waals surface area contributed by atoms with E-state index in [0.29, 0.717) is 10.6 Å². The Morgan fingerprint density at radius 2 is 1.67 bits per heavy atom. The number of imide groups is 1. The first kappa shape index (κ1) is 20.6. The van der Waals surface area contributed by atoms with Gasteiger partial charge in [-0.3, -0.25) is 24.2 Å². The van der Waals surface area contributed by atoms with E-state index in [-0.39, 0.29) is 49.2 Å². The highest BCUT2D eigenvalue weighted by molar-refractivity contribution is 6.30. The molecule has 7 heteroatoms. The highest BCUT2D eigenvalue weighted by Gasteiger charge is 2.34. The van der Waals surface area contributed by atoms with E-state index in [9.17, 15) is 14.4 Å². The van der Waals surface area contributed by atoms with Crippen molar-refractivity contribution in [3.05, 3.63) is 70.2 Å². The standard InChI is InChI=1S/C23H24ClN3O3/c1-26-13-12-19(22(26)16-6-8-18(24)9-7-16)25-23(30)17-4-2-15(3-5-17)14-27-20(28)10-11-21(27)29/h2-9,19,22H,10-14H2,1H3,(H,25,30)/t19-,22-/m0/s1. The van der Waals surface area contributed by atoms with Gasteiger partial charge in [0.15, 0.2) is 0 Å². The average Bonchev–Trinajstić information content (AvgIpc) is 3.25. The van der Waals surface area contributed by atoms with E-state index in [1.165, 1.54) is 4.90 Å². The molecule has 0 aromatic heterocycles. The van der Waals surface area contributed by atoms with E-state index in [1.54, 1.807) is 24.3 Å². The van der Waals surface area contributed by atoms with Crippen LogP contribution in [0.3, 0.4) is 0 Å². The molecule has 0 bridgehead atoms. The summed E-state index contributed by atoms with van der Waals surface area (Å²) in [6.45, 7) is 1.15. The van der Waals surface area contributed by atoms with E-state index in [2.05, 4.69) is 17.3 Å². The number of likely N-dealkylation sites (tertiary alicyclic amines) is 2. The lowest BCUT2D eigenvalue weighted by Gasteiger charge is -2.26. The molecule has 2 aromatic rings. The van der Waals surface area contributed by atoms with Gasteiger partial charge in [-0.05, 0) is 48.9 Å². The van der Waals surface area contributed by atoms with Gasteiger partial charge in [-0.1, -0.05) is 35.9 Å². The fourth-order valence-corrected chi connectivity index (χ4v) is 4.37. The van der Waals surface area contributed by atoms with Crippen molar-refractivity contribution in [3.8, 4) is 0 Å². The average molecular weight is 426 g/mol. The van der Waals surface area contributed by atoms with Crippen molar-refractivity contribution < 1.29 is 14.4 Å². The van der Waals surface area contributed by atoms with Crippen LogP contribution < -0.4 is 5.32 Å². The zero-order valence-corrected chi connectivity index (χ0v) is 17.6. The van der Waals surface area contributed by atoms with Crippen LogP contribution in [0, 0.1) is 0 Å². The highest BCUT2D eigenvalue weighted by Crippen LogP contribution is 2.31. The van der Waals surface area contributed by atoms with Crippen molar-refractivity contribution in [2.45, 2.75) is 37.9 Å². The van der Waals surface area contributed by atoms with Crippen molar-refractivity contribution in [3.63, 3.8) is 0 Å². The minimum Gasteiger partial charge on any atom is -0.347 e. The second kappa shape index (κ2) is 8.58. The Labute approximate surface area is 180 Å². The van der Waals surface area contributed by atoms with Crippen LogP contribution in [0.15, 0.2) is 48.5 Å². The lowest BCUT2D eigenvalue weighted by atomic mass is 9.99. The van der Waals surface area contributed by atoms with Gasteiger partial charge in [0, 0.05) is 30.0 Å². The summed E-state index contributed by atoms with van der Waals surface area (Å²) in [5.41, 5.74) is 2.51. The maximum absolute atomic E-state index is 12.8. The molecule has 30 heavy (non-hydrogen) atoms. The van der Waals surface area contributed by atoms with E-state index in [1.807, 2.05) is 24.3 Å². The molecule has 3 amide bonds. The van der Waals surface area contributed by atoms with Crippen molar-refractivity contribution >= 4 is 29.3 Å². The number of likely N-dealkylation sites (N-methyl/N-ethyl adjacent to an activating group) is 1. The molecule has 2 aliphatic rings. The molecule has 2 atom stereocenters. The monoisotopic (exact) mass is 425 g/mol. The summed E-state index contributed by atoms with van der Waals surface area (Å²) in [6, 6.07) is 14.9. The maximum Gasteiger partial charge on any atom is 0.251 e. The summed E-state index contributed by atoms with van der Waals surface area (Å²) in [5.74, 6) is -0.407. The summed E-state index contributed by atoms with van der Waals surface area (Å²) < 4.78 is 0. The Morgan fingerprint density at radius 1 is 1.03 bits per heavy atom. The lowest BCUT2D eigenvalue weighted by Crippen LogP contribution is -2.39.